The molecule has 9 nitrogen and oxygen atoms in total. The van der Waals surface area contributed by atoms with Crippen LogP contribution >= 0.6 is 11.6 Å². The summed E-state index contributed by atoms with van der Waals surface area (Å²) in [6.07, 6.45) is 2.82. The molecule has 1 aromatic rings. The van der Waals surface area contributed by atoms with Gasteiger partial charge in [-0.1, -0.05) is 11.6 Å². The van der Waals surface area contributed by atoms with Crippen molar-refractivity contribution >= 4 is 46.4 Å². The fourth-order valence-corrected chi connectivity index (χ4v) is 5.60. The molecule has 0 aromatic carbocycles. The van der Waals surface area contributed by atoms with Gasteiger partial charge in [-0.15, -0.1) is 0 Å². The van der Waals surface area contributed by atoms with E-state index in [2.05, 4.69) is 15.0 Å². The highest BCUT2D eigenvalue weighted by Crippen LogP contribution is 2.41. The predicted octanol–water partition coefficient (Wildman–Crippen LogP) is 2.71. The van der Waals surface area contributed by atoms with E-state index in [9.17, 15) is 9.35 Å². The highest BCUT2D eigenvalue weighted by molar-refractivity contribution is 7.90. The average molecular weight is 497 g/mol. The molecule has 0 spiro atoms. The Morgan fingerprint density at radius 2 is 1.91 bits per heavy atom. The standard InChI is InChI=1S/C21H26ClFN6O3S/c1-21(2,3)32-20(30)29-11-5-6-12(29)10-27(9-11)18-13-15(25-19(26-18)33(4)31)14(23)16(22)28-8-7-24-17(13)28/h11-12H,5-10H2,1-4H3/t11-,12+,33?. The predicted molar refractivity (Wildman–Crippen MR) is 123 cm³/mol. The summed E-state index contributed by atoms with van der Waals surface area (Å²) in [5.74, 6) is 0.343. The number of carbonyl (C=O) groups is 1. The zero-order valence-electron chi connectivity index (χ0n) is 19.0. The molecule has 3 atom stereocenters. The van der Waals surface area contributed by atoms with E-state index in [4.69, 9.17) is 16.3 Å². The van der Waals surface area contributed by atoms with Crippen LogP contribution in [0, 0.1) is 0 Å². The summed E-state index contributed by atoms with van der Waals surface area (Å²) < 4.78 is 33.2. The summed E-state index contributed by atoms with van der Waals surface area (Å²) in [7, 11) is 0. The molecule has 2 saturated heterocycles. The Kier molecular flexibility index (Phi) is 5.49. The average Bonchev–Trinajstić information content (AvgIpc) is 3.32. The second kappa shape index (κ2) is 7.99. The molecule has 2 fully saturated rings. The zero-order chi connectivity index (χ0) is 23.7. The second-order valence-electron chi connectivity index (χ2n) is 9.65. The second-order valence-corrected chi connectivity index (χ2v) is 11.3. The number of rotatable bonds is 2. The first-order valence-corrected chi connectivity index (χ1v) is 12.9. The zero-order valence-corrected chi connectivity index (χ0v) is 20.5. The maximum atomic E-state index is 15.3. The van der Waals surface area contributed by atoms with Gasteiger partial charge in [0.25, 0.3) is 0 Å². The summed E-state index contributed by atoms with van der Waals surface area (Å²) in [5.41, 5.74) is -0.0881. The number of nitrogens with zero attached hydrogens (tertiary/aromatic N) is 6. The molecule has 178 valence electrons. The third kappa shape index (κ3) is 3.83. The molecule has 0 radical (unpaired) electrons. The van der Waals surface area contributed by atoms with Crippen molar-refractivity contribution in [1.82, 2.24) is 19.8 Å². The van der Waals surface area contributed by atoms with E-state index in [1.807, 2.05) is 30.6 Å². The Labute approximate surface area is 199 Å². The van der Waals surface area contributed by atoms with Gasteiger partial charge in [0.2, 0.25) is 0 Å². The van der Waals surface area contributed by atoms with Crippen molar-refractivity contribution in [2.24, 2.45) is 4.99 Å². The number of halogens is 2. The first kappa shape index (κ1) is 22.7. The molecule has 2 bridgehead atoms. The summed E-state index contributed by atoms with van der Waals surface area (Å²) in [4.78, 5) is 31.7. The number of ether oxygens (including phenoxy) is 1. The van der Waals surface area contributed by atoms with Crippen molar-refractivity contribution in [3.05, 3.63) is 16.4 Å². The molecule has 0 aliphatic carbocycles. The quantitative estimate of drug-likeness (QED) is 0.353. The van der Waals surface area contributed by atoms with Crippen LogP contribution in [0.5, 0.6) is 0 Å². The summed E-state index contributed by atoms with van der Waals surface area (Å²) in [6, 6.07) is -0.122. The maximum Gasteiger partial charge on any atom is 0.410 e. The van der Waals surface area contributed by atoms with Gasteiger partial charge in [-0.25, -0.2) is 9.18 Å². The van der Waals surface area contributed by atoms with Gasteiger partial charge in [0.15, 0.2) is 5.83 Å². The molecule has 4 aliphatic heterocycles. The summed E-state index contributed by atoms with van der Waals surface area (Å²) in [5, 5.41) is -0.0246. The molecule has 33 heavy (non-hydrogen) atoms. The lowest BCUT2D eigenvalue weighted by Gasteiger charge is -2.42. The number of aromatic nitrogens is 2. The van der Waals surface area contributed by atoms with Crippen LogP contribution in [0.1, 0.15) is 44.9 Å². The minimum Gasteiger partial charge on any atom is -0.609 e. The van der Waals surface area contributed by atoms with Crippen molar-refractivity contribution < 1.29 is 18.5 Å². The highest BCUT2D eigenvalue weighted by atomic mass is 35.5. The van der Waals surface area contributed by atoms with Gasteiger partial charge in [0, 0.05) is 30.8 Å². The van der Waals surface area contributed by atoms with Gasteiger partial charge in [-0.2, -0.15) is 9.97 Å². The molecule has 1 amide bonds. The molecule has 1 aromatic heterocycles. The van der Waals surface area contributed by atoms with Crippen LogP contribution in [0.3, 0.4) is 0 Å². The lowest BCUT2D eigenvalue weighted by atomic mass is 10.1. The summed E-state index contributed by atoms with van der Waals surface area (Å²) in [6.45, 7) is 7.51. The molecule has 5 heterocycles. The molecule has 4 aliphatic rings. The third-order valence-corrected chi connectivity index (χ3v) is 7.27. The minimum absolute atomic E-state index is 0.0222. The Morgan fingerprint density at radius 1 is 1.24 bits per heavy atom. The molecular weight excluding hydrogens is 471 g/mol. The lowest BCUT2D eigenvalue weighted by Crippen LogP contribution is -2.57. The lowest BCUT2D eigenvalue weighted by molar-refractivity contribution is 0.0122. The Bertz CT molecular complexity index is 1060. The topological polar surface area (TPSA) is 97.2 Å². The smallest absolute Gasteiger partial charge is 0.410 e. The van der Waals surface area contributed by atoms with Crippen LogP contribution in [0.2, 0.25) is 0 Å². The van der Waals surface area contributed by atoms with Gasteiger partial charge < -0.3 is 19.1 Å². The number of hydrogen-bond donors (Lipinski definition) is 0. The maximum absolute atomic E-state index is 15.3. The number of anilines is 1. The monoisotopic (exact) mass is 496 g/mol. The van der Waals surface area contributed by atoms with Gasteiger partial charge in [0.1, 0.15) is 34.4 Å². The minimum atomic E-state index is -1.52. The number of piperazine rings is 1. The van der Waals surface area contributed by atoms with Crippen LogP contribution < -0.4 is 4.90 Å². The van der Waals surface area contributed by atoms with Crippen LogP contribution in [-0.2, 0) is 15.9 Å². The first-order valence-electron chi connectivity index (χ1n) is 10.9. The fraction of sp³-hybridized carbons (Fsp3) is 0.619. The van der Waals surface area contributed by atoms with Crippen LogP contribution in [-0.4, -0.2) is 86.4 Å². The third-order valence-electron chi connectivity index (χ3n) is 6.20. The molecule has 5 rings (SSSR count). The van der Waals surface area contributed by atoms with Crippen molar-refractivity contribution in [3.8, 4) is 0 Å². The number of hydrogen-bond acceptors (Lipinski definition) is 8. The van der Waals surface area contributed by atoms with E-state index >= 15 is 4.39 Å². The van der Waals surface area contributed by atoms with Crippen molar-refractivity contribution in [3.63, 3.8) is 0 Å². The Morgan fingerprint density at radius 3 is 2.52 bits per heavy atom. The number of carbonyl (C=O) groups excluding carboxylic acids is 1. The van der Waals surface area contributed by atoms with E-state index in [0.29, 0.717) is 43.4 Å². The van der Waals surface area contributed by atoms with E-state index < -0.39 is 22.6 Å². The first-order chi connectivity index (χ1) is 15.5. The molecule has 0 saturated carbocycles. The SMILES string of the molecule is C[S+]([O-])c1nc2c(c(N3C[C@H]4CC[C@@H](C3)N4C(=O)OC(C)(C)C)n1)C1=NCCN1C(Cl)=C2F. The Balaban J connectivity index is 1.54. The van der Waals surface area contributed by atoms with E-state index in [0.717, 1.165) is 12.8 Å². The molecule has 1 unspecified atom stereocenters. The largest absolute Gasteiger partial charge is 0.609 e. The van der Waals surface area contributed by atoms with Gasteiger partial charge >= 0.3 is 11.2 Å². The fourth-order valence-electron chi connectivity index (χ4n) is 4.91. The Hall–Kier alpha value is -2.11. The van der Waals surface area contributed by atoms with Gasteiger partial charge in [-0.3, -0.25) is 9.89 Å². The molecule has 0 N–H and O–H groups in total. The van der Waals surface area contributed by atoms with Gasteiger partial charge in [0.05, 0.1) is 24.2 Å². The van der Waals surface area contributed by atoms with Crippen LogP contribution in [0.15, 0.2) is 15.3 Å². The number of fused-ring (bicyclic) bond motifs is 5. The number of aliphatic imine (C=N–C) groups is 1. The molecule has 12 heteroatoms. The van der Waals surface area contributed by atoms with Crippen LogP contribution in [0.4, 0.5) is 15.0 Å². The van der Waals surface area contributed by atoms with Gasteiger partial charge in [-0.05, 0) is 33.6 Å². The van der Waals surface area contributed by atoms with Crippen molar-refractivity contribution in [1.29, 1.82) is 0 Å². The normalized spacial score (nSPS) is 25.2. The molecular formula is C21H26ClFN6O3S. The number of amidine groups is 1. The van der Waals surface area contributed by atoms with E-state index in [1.165, 1.54) is 6.26 Å². The van der Waals surface area contributed by atoms with Crippen LogP contribution in [0.25, 0.3) is 5.83 Å². The van der Waals surface area contributed by atoms with Crippen molar-refractivity contribution in [2.45, 2.75) is 56.5 Å². The van der Waals surface area contributed by atoms with E-state index in [-0.39, 0.29) is 34.2 Å². The van der Waals surface area contributed by atoms with Crippen molar-refractivity contribution in [2.75, 3.05) is 37.3 Å². The number of amides is 1. The summed E-state index contributed by atoms with van der Waals surface area (Å²) >= 11 is 4.75. The highest BCUT2D eigenvalue weighted by Gasteiger charge is 2.47. The van der Waals surface area contributed by atoms with E-state index in [1.54, 1.807) is 4.90 Å².